The highest BCUT2D eigenvalue weighted by atomic mass is 32.1. The molecule has 1 atom stereocenters. The van der Waals surface area contributed by atoms with E-state index in [2.05, 4.69) is 28.3 Å². The number of nitrogens with one attached hydrogen (secondary N) is 3. The van der Waals surface area contributed by atoms with Gasteiger partial charge in [0.15, 0.2) is 5.11 Å². The summed E-state index contributed by atoms with van der Waals surface area (Å²) >= 11 is 5.13. The molecular weight excluding hydrogens is 298 g/mol. The first-order valence-corrected chi connectivity index (χ1v) is 7.70. The van der Waals surface area contributed by atoms with Crippen LogP contribution in [-0.2, 0) is 11.3 Å². The molecule has 0 saturated heterocycles. The molecule has 1 aliphatic rings. The van der Waals surface area contributed by atoms with Crippen LogP contribution < -0.4 is 20.9 Å². The summed E-state index contributed by atoms with van der Waals surface area (Å²) in [5.41, 5.74) is 6.41. The van der Waals surface area contributed by atoms with E-state index in [1.54, 1.807) is 7.11 Å². The van der Waals surface area contributed by atoms with Gasteiger partial charge >= 0.3 is 0 Å². The molecule has 3 N–H and O–H groups in total. The molecular formula is C16H21N3O2S. The zero-order chi connectivity index (χ0) is 15.8. The highest BCUT2D eigenvalue weighted by Gasteiger charge is 2.13. The van der Waals surface area contributed by atoms with Crippen molar-refractivity contribution in [3.63, 3.8) is 0 Å². The molecule has 0 heterocycles. The molecule has 2 rings (SSSR count). The number of hydrogen-bond donors (Lipinski definition) is 3. The van der Waals surface area contributed by atoms with Gasteiger partial charge in [0, 0.05) is 13.0 Å². The molecule has 22 heavy (non-hydrogen) atoms. The summed E-state index contributed by atoms with van der Waals surface area (Å²) in [5.74, 6) is 1.12. The Kier molecular flexibility index (Phi) is 6.21. The summed E-state index contributed by atoms with van der Waals surface area (Å²) in [6, 6.07) is 7.70. The number of carbonyl (C=O) groups excluding carboxylic acids is 1. The summed E-state index contributed by atoms with van der Waals surface area (Å²) in [5, 5.41) is 3.43. The monoisotopic (exact) mass is 319 g/mol. The molecule has 0 saturated carbocycles. The van der Waals surface area contributed by atoms with Crippen molar-refractivity contribution in [3.05, 3.63) is 42.0 Å². The van der Waals surface area contributed by atoms with Crippen LogP contribution >= 0.6 is 12.2 Å². The maximum absolute atomic E-state index is 11.7. The first kappa shape index (κ1) is 16.3. The van der Waals surface area contributed by atoms with Crippen molar-refractivity contribution in [2.24, 2.45) is 5.92 Å². The van der Waals surface area contributed by atoms with Crippen LogP contribution in [0.1, 0.15) is 24.8 Å². The second-order valence-corrected chi connectivity index (χ2v) is 5.58. The van der Waals surface area contributed by atoms with E-state index in [-0.39, 0.29) is 5.91 Å². The average molecular weight is 319 g/mol. The largest absolute Gasteiger partial charge is 0.497 e. The first-order valence-electron chi connectivity index (χ1n) is 7.29. The molecule has 1 amide bonds. The number of ether oxygens (including phenoxy) is 1. The Balaban J connectivity index is 1.64. The standard InChI is InChI=1S/C16H21N3O2S/c1-21-14-8-6-13(7-9-14)11-17-16(22)19-18-15(20)10-12-4-2-3-5-12/h2,4,6-9,12H,3,5,10-11H2,1H3,(H,18,20)(H2,17,19,22)/t12-/m1/s1. The van der Waals surface area contributed by atoms with Gasteiger partial charge in [0.25, 0.3) is 0 Å². The van der Waals surface area contributed by atoms with E-state index < -0.39 is 0 Å². The molecule has 0 bridgehead atoms. The maximum atomic E-state index is 11.7. The quantitative estimate of drug-likeness (QED) is 0.440. The number of methoxy groups -OCH3 is 1. The van der Waals surface area contributed by atoms with E-state index in [1.807, 2.05) is 24.3 Å². The van der Waals surface area contributed by atoms with Crippen molar-refractivity contribution in [1.29, 1.82) is 0 Å². The fraction of sp³-hybridized carbons (Fsp3) is 0.375. The summed E-state index contributed by atoms with van der Waals surface area (Å²) in [4.78, 5) is 11.7. The molecule has 0 unspecified atom stereocenters. The van der Waals surface area contributed by atoms with Crippen LogP contribution in [0.5, 0.6) is 5.75 Å². The van der Waals surface area contributed by atoms with Gasteiger partial charge in [-0.2, -0.15) is 0 Å². The van der Waals surface area contributed by atoms with Crippen LogP contribution in [0.15, 0.2) is 36.4 Å². The van der Waals surface area contributed by atoms with Gasteiger partial charge in [-0.25, -0.2) is 0 Å². The Morgan fingerprint density at radius 2 is 2.09 bits per heavy atom. The Labute approximate surface area is 136 Å². The number of hydrogen-bond acceptors (Lipinski definition) is 3. The van der Waals surface area contributed by atoms with Crippen LogP contribution in [0.3, 0.4) is 0 Å². The molecule has 118 valence electrons. The minimum absolute atomic E-state index is 0.0508. The third-order valence-corrected chi connectivity index (χ3v) is 3.73. The van der Waals surface area contributed by atoms with Crippen molar-refractivity contribution in [2.45, 2.75) is 25.8 Å². The Hall–Kier alpha value is -2.08. The highest BCUT2D eigenvalue weighted by Crippen LogP contribution is 2.19. The number of rotatable bonds is 5. The van der Waals surface area contributed by atoms with Crippen molar-refractivity contribution in [2.75, 3.05) is 7.11 Å². The lowest BCUT2D eigenvalue weighted by Crippen LogP contribution is -2.46. The molecule has 0 aromatic heterocycles. The summed E-state index contributed by atoms with van der Waals surface area (Å²) in [7, 11) is 1.64. The molecule has 0 radical (unpaired) electrons. The molecule has 0 spiro atoms. The second-order valence-electron chi connectivity index (χ2n) is 5.17. The number of allylic oxidation sites excluding steroid dienone is 2. The van der Waals surface area contributed by atoms with Crippen LogP contribution in [0, 0.1) is 5.92 Å². The molecule has 6 heteroatoms. The lowest BCUT2D eigenvalue weighted by Gasteiger charge is -2.13. The smallest absolute Gasteiger partial charge is 0.238 e. The van der Waals surface area contributed by atoms with Crippen molar-refractivity contribution in [1.82, 2.24) is 16.2 Å². The van der Waals surface area contributed by atoms with Gasteiger partial charge in [-0.3, -0.25) is 15.6 Å². The van der Waals surface area contributed by atoms with Gasteiger partial charge in [-0.05, 0) is 48.7 Å². The van der Waals surface area contributed by atoms with E-state index >= 15 is 0 Å². The average Bonchev–Trinajstić information content (AvgIpc) is 3.04. The van der Waals surface area contributed by atoms with Crippen molar-refractivity contribution < 1.29 is 9.53 Å². The van der Waals surface area contributed by atoms with E-state index in [0.717, 1.165) is 24.2 Å². The van der Waals surface area contributed by atoms with Gasteiger partial charge in [-0.15, -0.1) is 0 Å². The number of hydrazine groups is 1. The SMILES string of the molecule is COc1ccc(CNC(=S)NNC(=O)C[C@@H]2C=CCC2)cc1. The number of carbonyl (C=O) groups is 1. The third-order valence-electron chi connectivity index (χ3n) is 3.49. The molecule has 5 nitrogen and oxygen atoms in total. The fourth-order valence-electron chi connectivity index (χ4n) is 2.25. The van der Waals surface area contributed by atoms with Crippen LogP contribution in [-0.4, -0.2) is 18.1 Å². The fourth-order valence-corrected chi connectivity index (χ4v) is 2.37. The summed E-state index contributed by atoms with van der Waals surface area (Å²) in [6.07, 6.45) is 6.82. The zero-order valence-electron chi connectivity index (χ0n) is 12.6. The van der Waals surface area contributed by atoms with Gasteiger partial charge in [0.05, 0.1) is 7.11 Å². The van der Waals surface area contributed by atoms with E-state index in [1.165, 1.54) is 0 Å². The van der Waals surface area contributed by atoms with Gasteiger partial charge < -0.3 is 10.1 Å². The lowest BCUT2D eigenvalue weighted by atomic mass is 10.1. The highest BCUT2D eigenvalue weighted by molar-refractivity contribution is 7.80. The second kappa shape index (κ2) is 8.38. The van der Waals surface area contributed by atoms with Crippen LogP contribution in [0.4, 0.5) is 0 Å². The minimum atomic E-state index is -0.0508. The number of thiocarbonyl (C=S) groups is 1. The maximum Gasteiger partial charge on any atom is 0.238 e. The van der Waals surface area contributed by atoms with E-state index in [4.69, 9.17) is 17.0 Å². The van der Waals surface area contributed by atoms with Gasteiger partial charge in [-0.1, -0.05) is 24.3 Å². The molecule has 1 aliphatic carbocycles. The summed E-state index contributed by atoms with van der Waals surface area (Å²) in [6.45, 7) is 0.580. The van der Waals surface area contributed by atoms with Crippen LogP contribution in [0.25, 0.3) is 0 Å². The van der Waals surface area contributed by atoms with Crippen molar-refractivity contribution in [3.8, 4) is 5.75 Å². The normalized spacial score (nSPS) is 16.1. The Morgan fingerprint density at radius 1 is 1.32 bits per heavy atom. The molecule has 1 aromatic rings. The molecule has 0 fully saturated rings. The van der Waals surface area contributed by atoms with Gasteiger partial charge in [0.1, 0.15) is 5.75 Å². The van der Waals surface area contributed by atoms with Crippen molar-refractivity contribution >= 4 is 23.2 Å². The lowest BCUT2D eigenvalue weighted by molar-refractivity contribution is -0.122. The predicted octanol–water partition coefficient (Wildman–Crippen LogP) is 2.05. The number of benzene rings is 1. The minimum Gasteiger partial charge on any atom is -0.497 e. The topological polar surface area (TPSA) is 62.4 Å². The molecule has 1 aromatic carbocycles. The first-order chi connectivity index (χ1) is 10.7. The zero-order valence-corrected chi connectivity index (χ0v) is 13.4. The van der Waals surface area contributed by atoms with Crippen LogP contribution in [0.2, 0.25) is 0 Å². The Bertz CT molecular complexity index is 543. The van der Waals surface area contributed by atoms with Gasteiger partial charge in [0.2, 0.25) is 5.91 Å². The van der Waals surface area contributed by atoms with E-state index in [9.17, 15) is 4.79 Å². The molecule has 0 aliphatic heterocycles. The van der Waals surface area contributed by atoms with E-state index in [0.29, 0.717) is 24.0 Å². The predicted molar refractivity (Wildman–Crippen MR) is 90.2 cm³/mol. The number of amides is 1. The Morgan fingerprint density at radius 3 is 2.73 bits per heavy atom. The third kappa shape index (κ3) is 5.37. The summed E-state index contributed by atoms with van der Waals surface area (Å²) < 4.78 is 5.10.